The summed E-state index contributed by atoms with van der Waals surface area (Å²) in [6, 6.07) is 9.52. The van der Waals surface area contributed by atoms with E-state index in [0.29, 0.717) is 11.3 Å². The Morgan fingerprint density at radius 1 is 1.29 bits per heavy atom. The first-order chi connectivity index (χ1) is 10.0. The van der Waals surface area contributed by atoms with Gasteiger partial charge >= 0.3 is 5.69 Å². The highest BCUT2D eigenvalue weighted by Crippen LogP contribution is 2.19. The maximum Gasteiger partial charge on any atom is 0.304 e. The third kappa shape index (κ3) is 3.22. The van der Waals surface area contributed by atoms with Gasteiger partial charge in [0.15, 0.2) is 0 Å². The molecule has 1 N–H and O–H groups in total. The SMILES string of the molecule is C#Cc1cccc(NC(=O)c2ccc([N+](=O)[O-])c(F)c2)c1. The Morgan fingerprint density at radius 2 is 2.05 bits per heavy atom. The van der Waals surface area contributed by atoms with Crippen LogP contribution in [-0.2, 0) is 0 Å². The van der Waals surface area contributed by atoms with Gasteiger partial charge in [-0.3, -0.25) is 14.9 Å². The summed E-state index contributed by atoms with van der Waals surface area (Å²) in [5, 5.41) is 13.0. The van der Waals surface area contributed by atoms with Crippen LogP contribution in [0.25, 0.3) is 0 Å². The van der Waals surface area contributed by atoms with E-state index in [1.54, 1.807) is 24.3 Å². The van der Waals surface area contributed by atoms with Crippen molar-refractivity contribution in [2.75, 3.05) is 5.32 Å². The number of terminal acetylenes is 1. The van der Waals surface area contributed by atoms with Crippen molar-refractivity contribution in [3.63, 3.8) is 0 Å². The molecular formula is C15H9FN2O3. The Morgan fingerprint density at radius 3 is 2.67 bits per heavy atom. The molecule has 0 bridgehead atoms. The molecule has 0 spiro atoms. The number of rotatable bonds is 3. The normalized spacial score (nSPS) is 9.71. The second-order valence-electron chi connectivity index (χ2n) is 4.10. The third-order valence-electron chi connectivity index (χ3n) is 2.69. The third-order valence-corrected chi connectivity index (χ3v) is 2.69. The minimum absolute atomic E-state index is 0.0239. The van der Waals surface area contributed by atoms with Crippen LogP contribution < -0.4 is 5.32 Å². The van der Waals surface area contributed by atoms with Gasteiger partial charge in [-0.15, -0.1) is 6.42 Å². The first-order valence-electron chi connectivity index (χ1n) is 5.83. The Bertz CT molecular complexity index is 766. The zero-order valence-electron chi connectivity index (χ0n) is 10.7. The maximum absolute atomic E-state index is 13.5. The second kappa shape index (κ2) is 5.84. The van der Waals surface area contributed by atoms with Gasteiger partial charge in [0.1, 0.15) is 0 Å². The van der Waals surface area contributed by atoms with Crippen LogP contribution in [0.4, 0.5) is 15.8 Å². The molecule has 5 nitrogen and oxygen atoms in total. The molecule has 2 rings (SSSR count). The van der Waals surface area contributed by atoms with E-state index in [4.69, 9.17) is 6.42 Å². The number of halogens is 1. The van der Waals surface area contributed by atoms with Gasteiger partial charge in [0.25, 0.3) is 5.91 Å². The summed E-state index contributed by atoms with van der Waals surface area (Å²) >= 11 is 0. The largest absolute Gasteiger partial charge is 0.322 e. The summed E-state index contributed by atoms with van der Waals surface area (Å²) < 4.78 is 13.5. The van der Waals surface area contributed by atoms with Gasteiger partial charge in [0, 0.05) is 22.9 Å². The van der Waals surface area contributed by atoms with E-state index in [2.05, 4.69) is 11.2 Å². The molecule has 2 aromatic carbocycles. The lowest BCUT2D eigenvalue weighted by atomic mass is 10.1. The highest BCUT2D eigenvalue weighted by molar-refractivity contribution is 6.04. The van der Waals surface area contributed by atoms with E-state index in [9.17, 15) is 19.3 Å². The molecule has 21 heavy (non-hydrogen) atoms. The summed E-state index contributed by atoms with van der Waals surface area (Å²) in [5.74, 6) is 0.773. The number of hydrogen-bond donors (Lipinski definition) is 1. The predicted octanol–water partition coefficient (Wildman–Crippen LogP) is 2.97. The average molecular weight is 284 g/mol. The van der Waals surface area contributed by atoms with Gasteiger partial charge < -0.3 is 5.32 Å². The molecule has 0 aliphatic carbocycles. The summed E-state index contributed by atoms with van der Waals surface area (Å²) in [6.45, 7) is 0. The fraction of sp³-hybridized carbons (Fsp3) is 0. The van der Waals surface area contributed by atoms with Crippen LogP contribution in [0.2, 0.25) is 0 Å². The molecule has 0 radical (unpaired) electrons. The monoisotopic (exact) mass is 284 g/mol. The van der Waals surface area contributed by atoms with Crippen molar-refractivity contribution in [3.8, 4) is 12.3 Å². The summed E-state index contributed by atoms with van der Waals surface area (Å²) in [4.78, 5) is 21.6. The van der Waals surface area contributed by atoms with Gasteiger partial charge in [-0.1, -0.05) is 12.0 Å². The van der Waals surface area contributed by atoms with E-state index < -0.39 is 22.3 Å². The van der Waals surface area contributed by atoms with Gasteiger partial charge in [-0.2, -0.15) is 4.39 Å². The second-order valence-corrected chi connectivity index (χ2v) is 4.10. The van der Waals surface area contributed by atoms with Crippen molar-refractivity contribution >= 4 is 17.3 Å². The Kier molecular flexibility index (Phi) is 3.95. The molecule has 0 fully saturated rings. The minimum atomic E-state index is -1.06. The van der Waals surface area contributed by atoms with Crippen LogP contribution in [0.15, 0.2) is 42.5 Å². The number of carbonyl (C=O) groups excluding carboxylic acids is 1. The molecule has 0 atom stereocenters. The van der Waals surface area contributed by atoms with Crippen LogP contribution in [0, 0.1) is 28.3 Å². The number of carbonyl (C=O) groups is 1. The van der Waals surface area contributed by atoms with Crippen LogP contribution in [0.1, 0.15) is 15.9 Å². The van der Waals surface area contributed by atoms with Gasteiger partial charge in [-0.25, -0.2) is 0 Å². The average Bonchev–Trinajstić information content (AvgIpc) is 2.46. The molecule has 0 unspecified atom stereocenters. The van der Waals surface area contributed by atoms with E-state index in [1.165, 1.54) is 6.07 Å². The molecule has 104 valence electrons. The summed E-state index contributed by atoms with van der Waals surface area (Å²) in [5.41, 5.74) is 0.335. The molecule has 0 saturated carbocycles. The number of nitrogens with zero attached hydrogens (tertiary/aromatic N) is 1. The van der Waals surface area contributed by atoms with Crippen molar-refractivity contribution < 1.29 is 14.1 Å². The molecule has 0 heterocycles. The lowest BCUT2D eigenvalue weighted by Gasteiger charge is -2.06. The molecule has 0 aromatic heterocycles. The topological polar surface area (TPSA) is 72.2 Å². The zero-order chi connectivity index (χ0) is 15.4. The van der Waals surface area contributed by atoms with Crippen LogP contribution >= 0.6 is 0 Å². The first-order valence-corrected chi connectivity index (χ1v) is 5.83. The van der Waals surface area contributed by atoms with Gasteiger partial charge in [0.2, 0.25) is 5.82 Å². The molecule has 2 aromatic rings. The smallest absolute Gasteiger partial charge is 0.304 e. The van der Waals surface area contributed by atoms with Crippen molar-refractivity contribution in [2.45, 2.75) is 0 Å². The number of amides is 1. The maximum atomic E-state index is 13.5. The quantitative estimate of drug-likeness (QED) is 0.535. The minimum Gasteiger partial charge on any atom is -0.322 e. The molecule has 0 aliphatic rings. The first kappa shape index (κ1) is 14.2. The molecule has 1 amide bonds. The van der Waals surface area contributed by atoms with Gasteiger partial charge in [0.05, 0.1) is 4.92 Å². The summed E-state index contributed by atoms with van der Waals surface area (Å²) in [6.07, 6.45) is 5.25. The molecule has 0 saturated heterocycles. The molecule has 0 aliphatic heterocycles. The highest BCUT2D eigenvalue weighted by Gasteiger charge is 2.16. The number of benzene rings is 2. The number of nitrogens with one attached hydrogen (secondary N) is 1. The fourth-order valence-electron chi connectivity index (χ4n) is 1.69. The number of nitro groups is 1. The Balaban J connectivity index is 2.22. The zero-order valence-corrected chi connectivity index (χ0v) is 10.7. The lowest BCUT2D eigenvalue weighted by molar-refractivity contribution is -0.387. The number of hydrogen-bond acceptors (Lipinski definition) is 3. The van der Waals surface area contributed by atoms with Crippen LogP contribution in [0.3, 0.4) is 0 Å². The van der Waals surface area contributed by atoms with Crippen molar-refractivity contribution in [2.24, 2.45) is 0 Å². The van der Waals surface area contributed by atoms with E-state index in [0.717, 1.165) is 12.1 Å². The standard InChI is InChI=1S/C15H9FN2O3/c1-2-10-4-3-5-12(8-10)17-15(19)11-6-7-14(18(20)21)13(16)9-11/h1,3-9H,(H,17,19). The van der Waals surface area contributed by atoms with Crippen LogP contribution in [0.5, 0.6) is 0 Å². The van der Waals surface area contributed by atoms with E-state index in [1.807, 2.05) is 0 Å². The van der Waals surface area contributed by atoms with Crippen molar-refractivity contribution in [3.05, 3.63) is 69.5 Å². The Labute approximate surface area is 119 Å². The van der Waals surface area contributed by atoms with Crippen LogP contribution in [-0.4, -0.2) is 10.8 Å². The lowest BCUT2D eigenvalue weighted by Crippen LogP contribution is -2.12. The molecular weight excluding hydrogens is 275 g/mol. The fourth-order valence-corrected chi connectivity index (χ4v) is 1.69. The van der Waals surface area contributed by atoms with Gasteiger partial charge in [-0.05, 0) is 30.3 Å². The molecule has 6 heteroatoms. The Hall–Kier alpha value is -3.20. The van der Waals surface area contributed by atoms with Crippen molar-refractivity contribution in [1.82, 2.24) is 0 Å². The van der Waals surface area contributed by atoms with E-state index >= 15 is 0 Å². The number of anilines is 1. The predicted molar refractivity (Wildman–Crippen MR) is 75.4 cm³/mol. The van der Waals surface area contributed by atoms with E-state index in [-0.39, 0.29) is 5.56 Å². The summed E-state index contributed by atoms with van der Waals surface area (Å²) in [7, 11) is 0. The number of nitro benzene ring substituents is 1. The van der Waals surface area contributed by atoms with Crippen molar-refractivity contribution in [1.29, 1.82) is 0 Å². The highest BCUT2D eigenvalue weighted by atomic mass is 19.1.